The Balaban J connectivity index is 1.25. The van der Waals surface area contributed by atoms with Gasteiger partial charge in [-0.1, -0.05) is 80.2 Å². The fourth-order valence-electron chi connectivity index (χ4n) is 9.87. The number of unbranched alkanes of at least 4 members (excludes halogenated alkanes) is 1. The third kappa shape index (κ3) is 9.94. The zero-order chi connectivity index (χ0) is 33.0. The van der Waals surface area contributed by atoms with Gasteiger partial charge in [0.15, 0.2) is 0 Å². The highest BCUT2D eigenvalue weighted by molar-refractivity contribution is 8.76. The number of carbonyl (C=O) groups excluding carboxylic acids is 1. The number of hydrogen-bond donors (Lipinski definition) is 2. The van der Waals surface area contributed by atoms with Gasteiger partial charge in [0.05, 0.1) is 0 Å². The number of carbonyl (C=O) groups is 1. The van der Waals surface area contributed by atoms with Gasteiger partial charge < -0.3 is 16.4 Å². The van der Waals surface area contributed by atoms with Crippen LogP contribution in [0.25, 0.3) is 0 Å². The second-order valence-corrected chi connectivity index (χ2v) is 20.9. The van der Waals surface area contributed by atoms with Crippen molar-refractivity contribution in [3.63, 3.8) is 0 Å². The summed E-state index contributed by atoms with van der Waals surface area (Å²) in [7, 11) is 3.99. The van der Waals surface area contributed by atoms with Crippen LogP contribution in [0.3, 0.4) is 0 Å². The monoisotopic (exact) mass is 662 g/mol. The van der Waals surface area contributed by atoms with E-state index in [-0.39, 0.29) is 17.0 Å². The van der Waals surface area contributed by atoms with Crippen molar-refractivity contribution in [2.75, 3.05) is 18.8 Å². The maximum Gasteiger partial charge on any atom is 0.223 e. The fraction of sp³-hybridized carbons (Fsp3) is 0.923. The Labute approximate surface area is 286 Å². The summed E-state index contributed by atoms with van der Waals surface area (Å²) in [4.78, 5) is 15.2. The van der Waals surface area contributed by atoms with Crippen molar-refractivity contribution in [2.24, 2.45) is 51.9 Å². The molecule has 4 nitrogen and oxygen atoms in total. The van der Waals surface area contributed by atoms with Crippen molar-refractivity contribution in [2.45, 2.75) is 168 Å². The van der Waals surface area contributed by atoms with Crippen molar-refractivity contribution in [1.82, 2.24) is 4.90 Å². The van der Waals surface area contributed by atoms with E-state index in [0.29, 0.717) is 35.6 Å². The highest BCUT2D eigenvalue weighted by atomic mass is 33.1. The van der Waals surface area contributed by atoms with E-state index in [0.717, 1.165) is 48.2 Å². The van der Waals surface area contributed by atoms with Gasteiger partial charge in [-0.3, -0.25) is 4.79 Å². The summed E-state index contributed by atoms with van der Waals surface area (Å²) in [5.74, 6) is 5.72. The molecule has 6 heteroatoms. The Hall–Kier alpha value is -0.170. The minimum Gasteiger partial charge on any atom is -0.343 e. The van der Waals surface area contributed by atoms with Crippen LogP contribution < -0.4 is 11.5 Å². The maximum absolute atomic E-state index is 13.2. The molecule has 3 fully saturated rings. The van der Waals surface area contributed by atoms with Gasteiger partial charge >= 0.3 is 0 Å². The van der Waals surface area contributed by atoms with Crippen molar-refractivity contribution in [3.05, 3.63) is 11.6 Å². The summed E-state index contributed by atoms with van der Waals surface area (Å²) in [6, 6.07) is 0. The van der Waals surface area contributed by atoms with E-state index in [1.54, 1.807) is 5.57 Å². The first-order chi connectivity index (χ1) is 21.0. The van der Waals surface area contributed by atoms with Crippen LogP contribution in [0, 0.1) is 40.4 Å². The molecule has 0 bridgehead atoms. The van der Waals surface area contributed by atoms with Gasteiger partial charge in [-0.15, -0.1) is 0 Å². The van der Waals surface area contributed by atoms with Gasteiger partial charge in [0.1, 0.15) is 0 Å². The Kier molecular flexibility index (Phi) is 13.0. The molecule has 45 heavy (non-hydrogen) atoms. The van der Waals surface area contributed by atoms with E-state index in [4.69, 9.17) is 11.5 Å². The molecule has 3 saturated carbocycles. The highest BCUT2D eigenvalue weighted by Crippen LogP contribution is 2.67. The van der Waals surface area contributed by atoms with E-state index >= 15 is 0 Å². The molecule has 7 unspecified atom stereocenters. The normalized spacial score (nSPS) is 33.4. The molecule has 0 aromatic heterocycles. The number of fused-ring (bicyclic) bond motifs is 5. The molecule has 4 N–H and O–H groups in total. The van der Waals surface area contributed by atoms with Gasteiger partial charge in [-0.25, -0.2) is 0 Å². The van der Waals surface area contributed by atoms with Crippen molar-refractivity contribution < 1.29 is 4.79 Å². The Morgan fingerprint density at radius 3 is 2.31 bits per heavy atom. The van der Waals surface area contributed by atoms with Gasteiger partial charge in [-0.05, 0) is 139 Å². The molecule has 260 valence electrons. The summed E-state index contributed by atoms with van der Waals surface area (Å²) in [6.45, 7) is 19.7. The van der Waals surface area contributed by atoms with Crippen LogP contribution in [0.1, 0.15) is 152 Å². The number of allylic oxidation sites excluding steroid dienone is 2. The van der Waals surface area contributed by atoms with E-state index in [1.807, 2.05) is 43.4 Å². The lowest BCUT2D eigenvalue weighted by Crippen LogP contribution is -2.50. The topological polar surface area (TPSA) is 72.3 Å². The highest BCUT2D eigenvalue weighted by Gasteiger charge is 2.58. The largest absolute Gasteiger partial charge is 0.343 e. The third-order valence-corrected chi connectivity index (χ3v) is 15.8. The van der Waals surface area contributed by atoms with E-state index < -0.39 is 0 Å². The first kappa shape index (κ1) is 37.6. The van der Waals surface area contributed by atoms with Crippen LogP contribution in [0.15, 0.2) is 11.6 Å². The maximum atomic E-state index is 13.2. The van der Waals surface area contributed by atoms with Crippen LogP contribution in [0.5, 0.6) is 0 Å². The summed E-state index contributed by atoms with van der Waals surface area (Å²) >= 11 is 0. The van der Waals surface area contributed by atoms with Gasteiger partial charge in [0.2, 0.25) is 5.91 Å². The van der Waals surface area contributed by atoms with Crippen LogP contribution in [0.4, 0.5) is 0 Å². The van der Waals surface area contributed by atoms with E-state index in [1.165, 1.54) is 77.0 Å². The molecule has 0 aliphatic heterocycles. The SMILES string of the molecule is CC(C)CCCCC1CCC2C3CC=C4CC(SSCCC(=O)N(CCC(C)(C)N)CCC(C)(C)N)CCC4(C)C3CCC12C. The van der Waals surface area contributed by atoms with Crippen LogP contribution in [-0.2, 0) is 4.79 Å². The van der Waals surface area contributed by atoms with Gasteiger partial charge in [-0.2, -0.15) is 0 Å². The Bertz CT molecular complexity index is 981. The molecule has 4 rings (SSSR count). The summed E-state index contributed by atoms with van der Waals surface area (Å²) < 4.78 is 0. The predicted octanol–water partition coefficient (Wildman–Crippen LogP) is 10.0. The lowest BCUT2D eigenvalue weighted by molar-refractivity contribution is -0.131. The lowest BCUT2D eigenvalue weighted by atomic mass is 9.47. The molecule has 0 radical (unpaired) electrons. The molecular weight excluding hydrogens is 591 g/mol. The molecule has 0 aromatic rings. The van der Waals surface area contributed by atoms with E-state index in [9.17, 15) is 4.79 Å². The number of nitrogens with zero attached hydrogens (tertiary/aromatic N) is 1. The van der Waals surface area contributed by atoms with Gasteiger partial charge in [0, 0.05) is 41.6 Å². The molecule has 4 aliphatic carbocycles. The second-order valence-electron chi connectivity index (χ2n) is 18.1. The van der Waals surface area contributed by atoms with Crippen molar-refractivity contribution in [3.8, 4) is 0 Å². The first-order valence-electron chi connectivity index (χ1n) is 18.9. The van der Waals surface area contributed by atoms with Crippen molar-refractivity contribution in [1.29, 1.82) is 0 Å². The van der Waals surface area contributed by atoms with Gasteiger partial charge in [0.25, 0.3) is 0 Å². The molecular formula is C39H71N3OS2. The molecule has 4 aliphatic rings. The second kappa shape index (κ2) is 15.6. The number of hydrogen-bond acceptors (Lipinski definition) is 5. The first-order valence-corrected chi connectivity index (χ1v) is 21.2. The van der Waals surface area contributed by atoms with Crippen LogP contribution in [-0.4, -0.2) is 46.0 Å². The zero-order valence-electron chi connectivity index (χ0n) is 30.6. The Morgan fingerprint density at radius 1 is 0.978 bits per heavy atom. The zero-order valence-corrected chi connectivity index (χ0v) is 32.2. The lowest BCUT2D eigenvalue weighted by Gasteiger charge is -2.58. The number of nitrogens with two attached hydrogens (primary N) is 2. The number of amides is 1. The molecule has 1 amide bonds. The summed E-state index contributed by atoms with van der Waals surface area (Å²) in [5.41, 5.74) is 14.8. The third-order valence-electron chi connectivity index (χ3n) is 12.8. The van der Waals surface area contributed by atoms with E-state index in [2.05, 4.69) is 44.6 Å². The minimum atomic E-state index is -0.269. The number of rotatable bonds is 16. The average Bonchev–Trinajstić information content (AvgIpc) is 3.28. The minimum absolute atomic E-state index is 0.253. The Morgan fingerprint density at radius 2 is 1.67 bits per heavy atom. The standard InChI is InChI=1S/C39H71N3OS2/c1-28(2)11-9-10-12-29-14-16-33-32-15-13-30-27-31(17-20-39(30,8)34(32)18-21-38(29,33)7)45-44-26-19-35(43)42(24-22-36(3,4)40)25-23-37(5,6)41/h13,28-29,31-34H,9-12,14-27,40-41H2,1-8H3. The molecule has 0 saturated heterocycles. The molecule has 7 atom stereocenters. The van der Waals surface area contributed by atoms with Crippen LogP contribution in [0.2, 0.25) is 0 Å². The smallest absolute Gasteiger partial charge is 0.223 e. The average molecular weight is 662 g/mol. The predicted molar refractivity (Wildman–Crippen MR) is 199 cm³/mol. The summed E-state index contributed by atoms with van der Waals surface area (Å²) in [5, 5.41) is 0.684. The van der Waals surface area contributed by atoms with Crippen LogP contribution >= 0.6 is 21.6 Å². The summed E-state index contributed by atoms with van der Waals surface area (Å²) in [6.07, 6.45) is 21.9. The molecule has 0 spiro atoms. The fourth-order valence-corrected chi connectivity index (χ4v) is 12.5. The molecule has 0 heterocycles. The van der Waals surface area contributed by atoms with Crippen molar-refractivity contribution >= 4 is 27.5 Å². The molecule has 0 aromatic carbocycles. The quantitative estimate of drug-likeness (QED) is 0.0979.